The van der Waals surface area contributed by atoms with E-state index in [9.17, 15) is 4.79 Å². The molecule has 23 heavy (non-hydrogen) atoms. The van der Waals surface area contributed by atoms with Crippen molar-refractivity contribution in [3.05, 3.63) is 40.9 Å². The summed E-state index contributed by atoms with van der Waals surface area (Å²) in [5, 5.41) is 2.67. The monoisotopic (exact) mass is 330 g/mol. The number of carbonyl (C=O) groups is 1. The smallest absolute Gasteiger partial charge is 0.310 e. The van der Waals surface area contributed by atoms with Crippen LogP contribution in [0.3, 0.4) is 0 Å². The molecule has 0 N–H and O–H groups in total. The number of carbonyl (C=O) groups excluding carboxylic acids is 1. The molecule has 0 radical (unpaired) electrons. The van der Waals surface area contributed by atoms with Crippen LogP contribution in [0.4, 0.5) is 0 Å². The van der Waals surface area contributed by atoms with E-state index in [4.69, 9.17) is 21.1 Å². The highest BCUT2D eigenvalue weighted by Gasteiger charge is 2.57. The summed E-state index contributed by atoms with van der Waals surface area (Å²) >= 11 is 6.46. The van der Waals surface area contributed by atoms with Crippen LogP contribution in [0.25, 0.3) is 10.8 Å². The van der Waals surface area contributed by atoms with Gasteiger partial charge in [0.2, 0.25) is 0 Å². The molecule has 0 saturated carbocycles. The highest BCUT2D eigenvalue weighted by molar-refractivity contribution is 6.36. The molecule has 0 unspecified atom stereocenters. The SMILES string of the molecule is CCCCC[C@]12OC(=O)C[C@H]1c1cc(Cl)c3ccccc3c1O2. The molecule has 2 aromatic carbocycles. The van der Waals surface area contributed by atoms with E-state index < -0.39 is 5.79 Å². The van der Waals surface area contributed by atoms with Crippen molar-refractivity contribution in [1.29, 1.82) is 0 Å². The molecule has 0 aliphatic carbocycles. The summed E-state index contributed by atoms with van der Waals surface area (Å²) in [4.78, 5) is 11.9. The Balaban J connectivity index is 1.81. The minimum absolute atomic E-state index is 0.0519. The van der Waals surface area contributed by atoms with E-state index in [0.29, 0.717) is 11.4 Å². The molecule has 120 valence electrons. The minimum atomic E-state index is -0.831. The van der Waals surface area contributed by atoms with Gasteiger partial charge in [-0.1, -0.05) is 55.6 Å². The van der Waals surface area contributed by atoms with Gasteiger partial charge in [-0.15, -0.1) is 0 Å². The molecular formula is C19H19ClO3. The summed E-state index contributed by atoms with van der Waals surface area (Å²) in [5.41, 5.74) is 1.01. The first-order valence-corrected chi connectivity index (χ1v) is 8.64. The first-order valence-electron chi connectivity index (χ1n) is 8.26. The van der Waals surface area contributed by atoms with E-state index in [0.717, 1.165) is 47.8 Å². The van der Waals surface area contributed by atoms with E-state index in [-0.39, 0.29) is 11.9 Å². The van der Waals surface area contributed by atoms with Gasteiger partial charge in [-0.25, -0.2) is 0 Å². The Labute approximate surface area is 140 Å². The zero-order chi connectivity index (χ0) is 16.0. The zero-order valence-electron chi connectivity index (χ0n) is 13.1. The Hall–Kier alpha value is -1.74. The molecule has 2 heterocycles. The summed E-state index contributed by atoms with van der Waals surface area (Å²) < 4.78 is 12.0. The summed E-state index contributed by atoms with van der Waals surface area (Å²) in [5.74, 6) is -0.230. The van der Waals surface area contributed by atoms with E-state index >= 15 is 0 Å². The highest BCUT2D eigenvalue weighted by Crippen LogP contribution is 2.56. The van der Waals surface area contributed by atoms with Gasteiger partial charge >= 0.3 is 5.97 Å². The molecule has 2 aliphatic heterocycles. The maximum Gasteiger partial charge on any atom is 0.310 e. The summed E-state index contributed by atoms with van der Waals surface area (Å²) in [6, 6.07) is 9.90. The largest absolute Gasteiger partial charge is 0.451 e. The Morgan fingerprint density at radius 1 is 1.22 bits per heavy atom. The highest BCUT2D eigenvalue weighted by atomic mass is 35.5. The molecule has 0 amide bonds. The normalized spacial score (nSPS) is 25.1. The fourth-order valence-electron chi connectivity index (χ4n) is 3.83. The number of esters is 1. The summed E-state index contributed by atoms with van der Waals surface area (Å²) in [7, 11) is 0. The van der Waals surface area contributed by atoms with Gasteiger partial charge in [0.1, 0.15) is 5.75 Å². The van der Waals surface area contributed by atoms with Crippen LogP contribution in [0.15, 0.2) is 30.3 Å². The van der Waals surface area contributed by atoms with Gasteiger partial charge in [0.05, 0.1) is 12.3 Å². The van der Waals surface area contributed by atoms with Gasteiger partial charge in [-0.2, -0.15) is 0 Å². The van der Waals surface area contributed by atoms with Crippen molar-refractivity contribution in [3.63, 3.8) is 0 Å². The van der Waals surface area contributed by atoms with Crippen molar-refractivity contribution in [2.45, 2.75) is 50.7 Å². The summed E-state index contributed by atoms with van der Waals surface area (Å²) in [6.45, 7) is 2.16. The molecule has 0 spiro atoms. The first kappa shape index (κ1) is 14.8. The third-order valence-corrected chi connectivity index (χ3v) is 5.25. The fourth-order valence-corrected chi connectivity index (χ4v) is 4.12. The maximum atomic E-state index is 11.9. The minimum Gasteiger partial charge on any atom is -0.451 e. The third-order valence-electron chi connectivity index (χ3n) is 4.94. The Morgan fingerprint density at radius 3 is 2.78 bits per heavy atom. The van der Waals surface area contributed by atoms with Gasteiger partial charge in [-0.3, -0.25) is 4.79 Å². The molecule has 1 saturated heterocycles. The van der Waals surface area contributed by atoms with Crippen LogP contribution >= 0.6 is 11.6 Å². The lowest BCUT2D eigenvalue weighted by Crippen LogP contribution is -2.36. The predicted octanol–water partition coefficient (Wildman–Crippen LogP) is 5.19. The van der Waals surface area contributed by atoms with Crippen LogP contribution in [0, 0.1) is 0 Å². The van der Waals surface area contributed by atoms with E-state index in [1.165, 1.54) is 0 Å². The van der Waals surface area contributed by atoms with E-state index in [2.05, 4.69) is 6.92 Å². The molecule has 1 fully saturated rings. The quantitative estimate of drug-likeness (QED) is 0.571. The molecule has 0 bridgehead atoms. The second-order valence-electron chi connectivity index (χ2n) is 6.42. The second kappa shape index (κ2) is 5.41. The van der Waals surface area contributed by atoms with Crippen molar-refractivity contribution in [3.8, 4) is 5.75 Å². The molecule has 3 nitrogen and oxygen atoms in total. The Bertz CT molecular complexity index is 786. The lowest BCUT2D eigenvalue weighted by molar-refractivity contribution is -0.178. The molecule has 2 aliphatic rings. The van der Waals surface area contributed by atoms with Gasteiger partial charge in [0.25, 0.3) is 5.79 Å². The number of fused-ring (bicyclic) bond motifs is 5. The van der Waals surface area contributed by atoms with Crippen molar-refractivity contribution in [2.75, 3.05) is 0 Å². The topological polar surface area (TPSA) is 35.5 Å². The van der Waals surface area contributed by atoms with E-state index in [1.807, 2.05) is 30.3 Å². The summed E-state index contributed by atoms with van der Waals surface area (Å²) in [6.07, 6.45) is 4.31. The van der Waals surface area contributed by atoms with Crippen molar-refractivity contribution in [1.82, 2.24) is 0 Å². The Kier molecular flexibility index (Phi) is 3.49. The number of unbranched alkanes of at least 4 members (excludes halogenated alkanes) is 2. The number of halogens is 1. The molecule has 2 atom stereocenters. The number of hydrogen-bond acceptors (Lipinski definition) is 3. The van der Waals surface area contributed by atoms with Crippen molar-refractivity contribution < 1.29 is 14.3 Å². The number of ether oxygens (including phenoxy) is 2. The average molecular weight is 331 g/mol. The lowest BCUT2D eigenvalue weighted by Gasteiger charge is -2.27. The fraction of sp³-hybridized carbons (Fsp3) is 0.421. The molecule has 4 rings (SSSR count). The van der Waals surface area contributed by atoms with Crippen molar-refractivity contribution >= 4 is 28.3 Å². The predicted molar refractivity (Wildman–Crippen MR) is 89.9 cm³/mol. The molecule has 2 aromatic rings. The van der Waals surface area contributed by atoms with Gasteiger partial charge in [0, 0.05) is 27.8 Å². The van der Waals surface area contributed by atoms with Gasteiger partial charge in [-0.05, 0) is 12.5 Å². The standard InChI is InChI=1S/C19H19ClO3/c1-2-3-6-9-19-15(11-17(21)22-19)14-10-16(20)12-7-4-5-8-13(12)18(14)23-19/h4-5,7-8,10,15H,2-3,6,9,11H2,1H3/t15-,19+/m0/s1. The van der Waals surface area contributed by atoms with Gasteiger partial charge < -0.3 is 9.47 Å². The Morgan fingerprint density at radius 2 is 2.00 bits per heavy atom. The number of hydrogen-bond donors (Lipinski definition) is 0. The second-order valence-corrected chi connectivity index (χ2v) is 6.83. The van der Waals surface area contributed by atoms with Crippen LogP contribution in [-0.4, -0.2) is 11.8 Å². The molecule has 0 aromatic heterocycles. The average Bonchev–Trinajstić information content (AvgIpc) is 3.00. The lowest BCUT2D eigenvalue weighted by atomic mass is 9.88. The number of benzene rings is 2. The van der Waals surface area contributed by atoms with Crippen LogP contribution in [0.2, 0.25) is 5.02 Å². The van der Waals surface area contributed by atoms with E-state index in [1.54, 1.807) is 0 Å². The van der Waals surface area contributed by atoms with Crippen LogP contribution < -0.4 is 4.74 Å². The zero-order valence-corrected chi connectivity index (χ0v) is 13.9. The van der Waals surface area contributed by atoms with Gasteiger partial charge in [0.15, 0.2) is 0 Å². The van der Waals surface area contributed by atoms with Crippen LogP contribution in [-0.2, 0) is 9.53 Å². The third kappa shape index (κ3) is 2.21. The first-order chi connectivity index (χ1) is 11.1. The molecular weight excluding hydrogens is 312 g/mol. The molecule has 4 heteroatoms. The van der Waals surface area contributed by atoms with Crippen molar-refractivity contribution in [2.24, 2.45) is 0 Å². The maximum absolute atomic E-state index is 11.9. The van der Waals surface area contributed by atoms with Crippen LogP contribution in [0.1, 0.15) is 50.5 Å². The van der Waals surface area contributed by atoms with Crippen LogP contribution in [0.5, 0.6) is 5.75 Å². The number of rotatable bonds is 4.